The summed E-state index contributed by atoms with van der Waals surface area (Å²) in [4.78, 5) is 26.7. The van der Waals surface area contributed by atoms with E-state index in [1.807, 2.05) is 0 Å². The summed E-state index contributed by atoms with van der Waals surface area (Å²) in [7, 11) is 0. The lowest BCUT2D eigenvalue weighted by atomic mass is 9.95. The quantitative estimate of drug-likeness (QED) is 0.302. The SMILES string of the molecule is C=CCOc1ccc(C(O)=C2C(=O)C(=O)N(CCCO)[C@@H]2c2ccc(F)cc2)cc1. The molecule has 1 aliphatic heterocycles. The number of ether oxygens (including phenoxy) is 1. The zero-order valence-electron chi connectivity index (χ0n) is 16.3. The van der Waals surface area contributed by atoms with Gasteiger partial charge in [0, 0.05) is 18.7 Å². The van der Waals surface area contributed by atoms with Gasteiger partial charge in [0.2, 0.25) is 0 Å². The van der Waals surface area contributed by atoms with Gasteiger partial charge in [0.1, 0.15) is 23.9 Å². The van der Waals surface area contributed by atoms with Crippen LogP contribution in [0.25, 0.3) is 5.76 Å². The van der Waals surface area contributed by atoms with Crippen LogP contribution in [0.3, 0.4) is 0 Å². The van der Waals surface area contributed by atoms with Crippen LogP contribution >= 0.6 is 0 Å². The van der Waals surface area contributed by atoms with E-state index in [0.717, 1.165) is 0 Å². The number of hydrogen-bond acceptors (Lipinski definition) is 5. The van der Waals surface area contributed by atoms with Crippen LogP contribution in [0.1, 0.15) is 23.6 Å². The first kappa shape index (κ1) is 21.3. The number of nitrogens with zero attached hydrogens (tertiary/aromatic N) is 1. The number of aliphatic hydroxyl groups excluding tert-OH is 2. The first-order chi connectivity index (χ1) is 14.5. The third-order valence-electron chi connectivity index (χ3n) is 4.78. The molecule has 6 nitrogen and oxygen atoms in total. The van der Waals surface area contributed by atoms with Gasteiger partial charge in [-0.3, -0.25) is 9.59 Å². The molecule has 0 radical (unpaired) electrons. The number of benzene rings is 2. The van der Waals surface area contributed by atoms with E-state index in [2.05, 4.69) is 6.58 Å². The Morgan fingerprint density at radius 1 is 1.13 bits per heavy atom. The molecule has 2 N–H and O–H groups in total. The smallest absolute Gasteiger partial charge is 0.295 e. The summed E-state index contributed by atoms with van der Waals surface area (Å²) in [5.74, 6) is -1.83. The fourth-order valence-electron chi connectivity index (χ4n) is 3.36. The summed E-state index contributed by atoms with van der Waals surface area (Å²) >= 11 is 0. The van der Waals surface area contributed by atoms with Crippen molar-refractivity contribution < 1.29 is 28.9 Å². The summed E-state index contributed by atoms with van der Waals surface area (Å²) in [5, 5.41) is 20.1. The molecule has 1 saturated heterocycles. The lowest BCUT2D eigenvalue weighted by Crippen LogP contribution is -2.31. The Bertz CT molecular complexity index is 966. The zero-order valence-corrected chi connectivity index (χ0v) is 16.3. The van der Waals surface area contributed by atoms with Crippen molar-refractivity contribution in [3.05, 3.63) is 83.7 Å². The summed E-state index contributed by atoms with van der Waals surface area (Å²) in [5.41, 5.74) is 0.749. The Balaban J connectivity index is 2.05. The third-order valence-corrected chi connectivity index (χ3v) is 4.78. The van der Waals surface area contributed by atoms with Gasteiger partial charge in [-0.15, -0.1) is 0 Å². The molecule has 1 heterocycles. The maximum absolute atomic E-state index is 13.4. The molecule has 30 heavy (non-hydrogen) atoms. The predicted molar refractivity (Wildman–Crippen MR) is 109 cm³/mol. The Hall–Kier alpha value is -3.45. The second kappa shape index (κ2) is 9.37. The van der Waals surface area contributed by atoms with Crippen LogP contribution in [-0.2, 0) is 9.59 Å². The van der Waals surface area contributed by atoms with Crippen molar-refractivity contribution in [1.82, 2.24) is 4.90 Å². The van der Waals surface area contributed by atoms with E-state index >= 15 is 0 Å². The number of aliphatic hydroxyl groups is 2. The average Bonchev–Trinajstić information content (AvgIpc) is 3.01. The van der Waals surface area contributed by atoms with E-state index in [-0.39, 0.29) is 30.9 Å². The fourth-order valence-corrected chi connectivity index (χ4v) is 3.36. The highest BCUT2D eigenvalue weighted by Crippen LogP contribution is 2.39. The monoisotopic (exact) mass is 411 g/mol. The van der Waals surface area contributed by atoms with E-state index in [1.54, 1.807) is 30.3 Å². The second-order valence-corrected chi connectivity index (χ2v) is 6.75. The highest BCUT2D eigenvalue weighted by atomic mass is 19.1. The minimum atomic E-state index is -0.881. The van der Waals surface area contributed by atoms with E-state index in [0.29, 0.717) is 23.5 Å². The van der Waals surface area contributed by atoms with Crippen molar-refractivity contribution in [2.45, 2.75) is 12.5 Å². The molecule has 0 aromatic heterocycles. The number of amides is 1. The van der Waals surface area contributed by atoms with Crippen LogP contribution in [0.5, 0.6) is 5.75 Å². The third kappa shape index (κ3) is 4.26. The molecule has 0 spiro atoms. The topological polar surface area (TPSA) is 87.1 Å². The van der Waals surface area contributed by atoms with Gasteiger partial charge in [-0.25, -0.2) is 4.39 Å². The summed E-state index contributed by atoms with van der Waals surface area (Å²) < 4.78 is 18.8. The molecule has 2 aromatic rings. The van der Waals surface area contributed by atoms with Crippen molar-refractivity contribution in [1.29, 1.82) is 0 Å². The largest absolute Gasteiger partial charge is 0.507 e. The van der Waals surface area contributed by atoms with Crippen LogP contribution < -0.4 is 4.74 Å². The van der Waals surface area contributed by atoms with Crippen molar-refractivity contribution in [2.75, 3.05) is 19.8 Å². The molecule has 1 atom stereocenters. The van der Waals surface area contributed by atoms with E-state index < -0.39 is 23.5 Å². The predicted octanol–water partition coefficient (Wildman–Crippen LogP) is 3.19. The molecule has 156 valence electrons. The van der Waals surface area contributed by atoms with Crippen molar-refractivity contribution >= 4 is 17.4 Å². The number of carbonyl (C=O) groups excluding carboxylic acids is 2. The molecule has 0 unspecified atom stereocenters. The van der Waals surface area contributed by atoms with Gasteiger partial charge in [0.15, 0.2) is 0 Å². The highest BCUT2D eigenvalue weighted by molar-refractivity contribution is 6.46. The summed E-state index contributed by atoms with van der Waals surface area (Å²) in [6, 6.07) is 10.9. The molecule has 7 heteroatoms. The van der Waals surface area contributed by atoms with Crippen molar-refractivity contribution in [2.24, 2.45) is 0 Å². The zero-order chi connectivity index (χ0) is 21.7. The van der Waals surface area contributed by atoms with Gasteiger partial charge >= 0.3 is 0 Å². The van der Waals surface area contributed by atoms with Crippen LogP contribution in [0.15, 0.2) is 66.8 Å². The molecule has 3 rings (SSSR count). The van der Waals surface area contributed by atoms with Gasteiger partial charge < -0.3 is 19.8 Å². The Morgan fingerprint density at radius 3 is 2.40 bits per heavy atom. The molecule has 1 aliphatic rings. The summed E-state index contributed by atoms with van der Waals surface area (Å²) in [6.07, 6.45) is 1.87. The Kier molecular flexibility index (Phi) is 6.64. The normalized spacial score (nSPS) is 17.9. The van der Waals surface area contributed by atoms with Gasteiger partial charge in [0.25, 0.3) is 11.7 Å². The lowest BCUT2D eigenvalue weighted by Gasteiger charge is -2.25. The van der Waals surface area contributed by atoms with Crippen LogP contribution in [0.2, 0.25) is 0 Å². The maximum atomic E-state index is 13.4. The minimum absolute atomic E-state index is 0.0793. The Morgan fingerprint density at radius 2 is 1.80 bits per heavy atom. The molecular formula is C23H22FNO5. The van der Waals surface area contributed by atoms with E-state index in [4.69, 9.17) is 9.84 Å². The minimum Gasteiger partial charge on any atom is -0.507 e. The van der Waals surface area contributed by atoms with Gasteiger partial charge in [0.05, 0.1) is 11.6 Å². The summed E-state index contributed by atoms with van der Waals surface area (Å²) in [6.45, 7) is 3.86. The molecule has 1 amide bonds. The van der Waals surface area contributed by atoms with Gasteiger partial charge in [-0.2, -0.15) is 0 Å². The van der Waals surface area contributed by atoms with E-state index in [9.17, 15) is 19.1 Å². The number of Topliss-reactive ketones (excluding diaryl/α,β-unsaturated/α-hetero) is 1. The van der Waals surface area contributed by atoms with Crippen molar-refractivity contribution in [3.63, 3.8) is 0 Å². The maximum Gasteiger partial charge on any atom is 0.295 e. The standard InChI is InChI=1S/C23H22FNO5/c1-2-14-30-18-10-6-16(7-11-18)21(27)19-20(15-4-8-17(24)9-5-15)25(12-3-13-26)23(29)22(19)28/h2,4-11,20,26-27H,1,3,12-14H2/t20-/m1/s1. The first-order valence-corrected chi connectivity index (χ1v) is 9.46. The lowest BCUT2D eigenvalue weighted by molar-refractivity contribution is -0.140. The van der Waals surface area contributed by atoms with Crippen molar-refractivity contribution in [3.8, 4) is 5.75 Å². The number of hydrogen-bond donors (Lipinski definition) is 2. The van der Waals surface area contributed by atoms with E-state index in [1.165, 1.54) is 29.2 Å². The number of ketones is 1. The fraction of sp³-hybridized carbons (Fsp3) is 0.217. The first-order valence-electron chi connectivity index (χ1n) is 9.46. The number of halogens is 1. The highest BCUT2D eigenvalue weighted by Gasteiger charge is 2.45. The van der Waals surface area contributed by atoms with Gasteiger partial charge in [-0.05, 0) is 48.4 Å². The number of rotatable bonds is 8. The molecule has 0 bridgehead atoms. The molecule has 0 saturated carbocycles. The van der Waals surface area contributed by atoms with Gasteiger partial charge in [-0.1, -0.05) is 24.8 Å². The molecular weight excluding hydrogens is 389 g/mol. The second-order valence-electron chi connectivity index (χ2n) is 6.75. The Labute approximate surface area is 173 Å². The molecule has 2 aromatic carbocycles. The number of likely N-dealkylation sites (tertiary alicyclic amines) is 1. The van der Waals surface area contributed by atoms with Crippen LogP contribution in [0.4, 0.5) is 4.39 Å². The average molecular weight is 411 g/mol. The molecule has 0 aliphatic carbocycles. The molecule has 1 fully saturated rings. The van der Waals surface area contributed by atoms with Crippen LogP contribution in [-0.4, -0.2) is 46.6 Å². The van der Waals surface area contributed by atoms with Crippen LogP contribution in [0, 0.1) is 5.82 Å². The number of carbonyl (C=O) groups is 2.